The zero-order valence-electron chi connectivity index (χ0n) is 17.1. The van der Waals surface area contributed by atoms with Crippen molar-refractivity contribution in [2.75, 3.05) is 18.0 Å². The fraction of sp³-hybridized carbons (Fsp3) is 0.318. The Kier molecular flexibility index (Phi) is 5.45. The van der Waals surface area contributed by atoms with Crippen molar-refractivity contribution >= 4 is 44.1 Å². The van der Waals surface area contributed by atoms with Crippen LogP contribution in [0, 0.1) is 5.82 Å². The van der Waals surface area contributed by atoms with E-state index >= 15 is 0 Å². The summed E-state index contributed by atoms with van der Waals surface area (Å²) in [5.74, 6) is -0.953. The van der Waals surface area contributed by atoms with Crippen molar-refractivity contribution in [2.24, 2.45) is 0 Å². The Labute approximate surface area is 190 Å². The Bertz CT molecular complexity index is 1300. The number of nitrogens with zero attached hydrogens (tertiary/aromatic N) is 1. The van der Waals surface area contributed by atoms with Crippen LogP contribution in [0.15, 0.2) is 47.5 Å². The molecule has 1 amide bonds. The van der Waals surface area contributed by atoms with Gasteiger partial charge in [-0.1, -0.05) is 17.7 Å². The molecule has 0 spiro atoms. The van der Waals surface area contributed by atoms with Crippen LogP contribution in [0.1, 0.15) is 30.9 Å². The molecule has 2 aromatic carbocycles. The highest BCUT2D eigenvalue weighted by atomic mass is 35.5. The van der Waals surface area contributed by atoms with E-state index in [9.17, 15) is 17.6 Å². The van der Waals surface area contributed by atoms with E-state index in [1.54, 1.807) is 18.3 Å². The molecule has 2 aliphatic heterocycles. The summed E-state index contributed by atoms with van der Waals surface area (Å²) in [6, 6.07) is 8.57. The quantitative estimate of drug-likeness (QED) is 0.525. The van der Waals surface area contributed by atoms with Gasteiger partial charge < -0.3 is 15.2 Å². The molecular formula is C22H22ClFN4O3S. The molecule has 1 aromatic heterocycles. The Morgan fingerprint density at radius 1 is 1.16 bits per heavy atom. The summed E-state index contributed by atoms with van der Waals surface area (Å²) in [6.45, 7) is 1.14. The third-order valence-corrected chi connectivity index (χ3v) is 7.92. The number of hydrogen-bond donors (Lipinski definition) is 3. The number of anilines is 1. The molecule has 32 heavy (non-hydrogen) atoms. The van der Waals surface area contributed by atoms with Gasteiger partial charge in [0, 0.05) is 29.7 Å². The van der Waals surface area contributed by atoms with E-state index in [2.05, 4.69) is 15.0 Å². The van der Waals surface area contributed by atoms with Gasteiger partial charge in [-0.3, -0.25) is 4.79 Å². The molecular weight excluding hydrogens is 455 g/mol. The normalized spacial score (nSPS) is 21.7. The first kappa shape index (κ1) is 21.4. The van der Waals surface area contributed by atoms with Crippen LogP contribution < -0.4 is 14.9 Å². The lowest BCUT2D eigenvalue weighted by Gasteiger charge is -2.20. The van der Waals surface area contributed by atoms with E-state index in [4.69, 9.17) is 11.6 Å². The molecule has 10 heteroatoms. The summed E-state index contributed by atoms with van der Waals surface area (Å²) >= 11 is 6.05. The number of aromatic amines is 1. The molecule has 168 valence electrons. The third kappa shape index (κ3) is 3.79. The molecule has 0 radical (unpaired) electrons. The van der Waals surface area contributed by atoms with E-state index < -0.39 is 27.8 Å². The van der Waals surface area contributed by atoms with E-state index in [0.717, 1.165) is 24.9 Å². The van der Waals surface area contributed by atoms with Gasteiger partial charge in [-0.2, -0.15) is 4.72 Å². The van der Waals surface area contributed by atoms with Crippen LogP contribution >= 0.6 is 11.6 Å². The first-order valence-electron chi connectivity index (χ1n) is 10.5. The molecule has 3 N–H and O–H groups in total. The lowest BCUT2D eigenvalue weighted by atomic mass is 10.0. The van der Waals surface area contributed by atoms with Crippen LogP contribution in [-0.4, -0.2) is 38.4 Å². The smallest absolute Gasteiger partial charge is 0.245 e. The second-order valence-electron chi connectivity index (χ2n) is 8.16. The number of aromatic nitrogens is 1. The molecule has 3 aromatic rings. The number of benzene rings is 2. The average Bonchev–Trinajstić information content (AvgIpc) is 3.50. The van der Waals surface area contributed by atoms with Crippen molar-refractivity contribution in [3.63, 3.8) is 0 Å². The maximum Gasteiger partial charge on any atom is 0.245 e. The summed E-state index contributed by atoms with van der Waals surface area (Å²) in [5.41, 5.74) is 1.60. The molecule has 7 nitrogen and oxygen atoms in total. The summed E-state index contributed by atoms with van der Waals surface area (Å²) in [6.07, 6.45) is 3.83. The predicted octanol–water partition coefficient (Wildman–Crippen LogP) is 3.47. The number of hydrogen-bond acceptors (Lipinski definition) is 4. The first-order chi connectivity index (χ1) is 15.3. The minimum atomic E-state index is -3.95. The molecule has 2 aliphatic rings. The van der Waals surface area contributed by atoms with E-state index in [1.807, 2.05) is 6.07 Å². The SMILES string of the molecule is O=C1[C@@H](NS(=O)(=O)c2ccc3c(Cl)c[nH]c3c2)CCN1c1ccc(C2CCCN2)cc1F. The van der Waals surface area contributed by atoms with Gasteiger partial charge in [0.2, 0.25) is 15.9 Å². The number of halogens is 2. The van der Waals surface area contributed by atoms with Crippen molar-refractivity contribution in [3.8, 4) is 0 Å². The summed E-state index contributed by atoms with van der Waals surface area (Å²) in [7, 11) is -3.95. The van der Waals surface area contributed by atoms with Gasteiger partial charge in [0.15, 0.2) is 0 Å². The lowest BCUT2D eigenvalue weighted by Crippen LogP contribution is -2.41. The Hall–Kier alpha value is -2.46. The van der Waals surface area contributed by atoms with Crippen molar-refractivity contribution in [1.29, 1.82) is 0 Å². The zero-order chi connectivity index (χ0) is 22.5. The number of fused-ring (bicyclic) bond motifs is 1. The summed E-state index contributed by atoms with van der Waals surface area (Å²) in [4.78, 5) is 17.2. The maximum atomic E-state index is 14.8. The number of carbonyl (C=O) groups is 1. The topological polar surface area (TPSA) is 94.3 Å². The first-order valence-corrected chi connectivity index (χ1v) is 12.3. The van der Waals surface area contributed by atoms with Crippen molar-refractivity contribution in [2.45, 2.75) is 36.2 Å². The van der Waals surface area contributed by atoms with Gasteiger partial charge in [-0.05, 0) is 61.7 Å². The number of rotatable bonds is 5. The van der Waals surface area contributed by atoms with Gasteiger partial charge in [0.05, 0.1) is 15.6 Å². The number of carbonyl (C=O) groups excluding carboxylic acids is 1. The van der Waals surface area contributed by atoms with Gasteiger partial charge in [-0.15, -0.1) is 0 Å². The Morgan fingerprint density at radius 3 is 2.75 bits per heavy atom. The molecule has 0 saturated carbocycles. The standard InChI is InChI=1S/C22H22ClFN4O3S/c23-16-12-26-20-11-14(4-5-15(16)20)32(30,31)27-19-7-9-28(22(19)29)21-6-3-13(10-17(21)24)18-2-1-8-25-18/h3-6,10-12,18-19,25-27H,1-2,7-9H2/t18?,19-/m0/s1. The van der Waals surface area contributed by atoms with Crippen LogP contribution in [0.4, 0.5) is 10.1 Å². The number of nitrogens with one attached hydrogen (secondary N) is 3. The highest BCUT2D eigenvalue weighted by Gasteiger charge is 2.37. The largest absolute Gasteiger partial charge is 0.360 e. The molecule has 0 aliphatic carbocycles. The van der Waals surface area contributed by atoms with Gasteiger partial charge >= 0.3 is 0 Å². The monoisotopic (exact) mass is 476 g/mol. The van der Waals surface area contributed by atoms with Crippen LogP contribution in [0.3, 0.4) is 0 Å². The van der Waals surface area contributed by atoms with Crippen molar-refractivity contribution < 1.29 is 17.6 Å². The second kappa shape index (κ2) is 8.15. The summed E-state index contributed by atoms with van der Waals surface area (Å²) < 4.78 is 43.1. The lowest BCUT2D eigenvalue weighted by molar-refractivity contribution is -0.118. The Balaban J connectivity index is 1.33. The third-order valence-electron chi connectivity index (χ3n) is 6.14. The zero-order valence-corrected chi connectivity index (χ0v) is 18.6. The van der Waals surface area contributed by atoms with Gasteiger partial charge in [-0.25, -0.2) is 12.8 Å². The fourth-order valence-electron chi connectivity index (χ4n) is 4.45. The van der Waals surface area contributed by atoms with Gasteiger partial charge in [0.1, 0.15) is 11.9 Å². The van der Waals surface area contributed by atoms with E-state index in [-0.39, 0.29) is 29.6 Å². The highest BCUT2D eigenvalue weighted by Crippen LogP contribution is 2.31. The second-order valence-corrected chi connectivity index (χ2v) is 10.3. The Morgan fingerprint density at radius 2 is 2.00 bits per heavy atom. The van der Waals surface area contributed by atoms with E-state index in [1.165, 1.54) is 23.1 Å². The minimum absolute atomic E-state index is 0.0226. The molecule has 1 unspecified atom stereocenters. The molecule has 3 heterocycles. The molecule has 5 rings (SSSR count). The van der Waals surface area contributed by atoms with Crippen molar-refractivity contribution in [1.82, 2.24) is 15.0 Å². The van der Waals surface area contributed by atoms with E-state index in [0.29, 0.717) is 15.9 Å². The minimum Gasteiger partial charge on any atom is -0.360 e. The van der Waals surface area contributed by atoms with Crippen LogP contribution in [0.25, 0.3) is 10.9 Å². The molecule has 2 saturated heterocycles. The van der Waals surface area contributed by atoms with Crippen LogP contribution in [0.2, 0.25) is 5.02 Å². The highest BCUT2D eigenvalue weighted by molar-refractivity contribution is 7.89. The molecule has 2 atom stereocenters. The summed E-state index contributed by atoms with van der Waals surface area (Å²) in [5, 5.41) is 4.53. The molecule has 0 bridgehead atoms. The number of H-pyrrole nitrogens is 1. The van der Waals surface area contributed by atoms with Gasteiger partial charge in [0.25, 0.3) is 0 Å². The number of amides is 1. The number of sulfonamides is 1. The fourth-order valence-corrected chi connectivity index (χ4v) is 5.92. The molecule has 2 fully saturated rings. The van der Waals surface area contributed by atoms with Crippen molar-refractivity contribution in [3.05, 3.63) is 59.0 Å². The van der Waals surface area contributed by atoms with Crippen LogP contribution in [0.5, 0.6) is 0 Å². The maximum absolute atomic E-state index is 14.8. The predicted molar refractivity (Wildman–Crippen MR) is 121 cm³/mol. The average molecular weight is 477 g/mol. The van der Waals surface area contributed by atoms with Crippen LogP contribution in [-0.2, 0) is 14.8 Å².